The van der Waals surface area contributed by atoms with Crippen molar-refractivity contribution in [3.05, 3.63) is 83.5 Å². The number of nitrogens with one attached hydrogen (secondary N) is 1. The summed E-state index contributed by atoms with van der Waals surface area (Å²) in [5, 5.41) is 4.94. The summed E-state index contributed by atoms with van der Waals surface area (Å²) in [6, 6.07) is 15.2. The van der Waals surface area contributed by atoms with Gasteiger partial charge >= 0.3 is 6.18 Å². The summed E-state index contributed by atoms with van der Waals surface area (Å²) in [5.41, 5.74) is 8.14. The fourth-order valence-electron chi connectivity index (χ4n) is 4.35. The van der Waals surface area contributed by atoms with Crippen LogP contribution in [0.15, 0.2) is 65.2 Å². The van der Waals surface area contributed by atoms with Gasteiger partial charge in [0, 0.05) is 29.1 Å². The average Bonchev–Trinajstić information content (AvgIpc) is 3.34. The average molecular weight is 508 g/mol. The first-order chi connectivity index (χ1) is 17.8. The van der Waals surface area contributed by atoms with Crippen molar-refractivity contribution in [2.75, 3.05) is 7.11 Å². The van der Waals surface area contributed by atoms with Gasteiger partial charge in [0.05, 0.1) is 25.2 Å². The molecule has 3 aromatic heterocycles. The summed E-state index contributed by atoms with van der Waals surface area (Å²) in [6.45, 7) is 2.62. The molecule has 0 radical (unpaired) electrons. The van der Waals surface area contributed by atoms with Crippen LogP contribution in [-0.4, -0.2) is 22.1 Å². The number of nitrogens with zero attached hydrogens (tertiary/aromatic N) is 3. The number of hydrogen-bond acceptors (Lipinski definition) is 7. The number of nitrogens with two attached hydrogens (primary N) is 1. The Bertz CT molecular complexity index is 1580. The molecule has 0 saturated carbocycles. The Hall–Kier alpha value is -4.02. The van der Waals surface area contributed by atoms with Gasteiger partial charge in [-0.3, -0.25) is 4.98 Å². The van der Waals surface area contributed by atoms with E-state index in [9.17, 15) is 13.2 Å². The molecule has 0 bridgehead atoms. The minimum Gasteiger partial charge on any atom is -0.494 e. The number of pyridine rings is 2. The zero-order valence-electron chi connectivity index (χ0n) is 20.1. The molecular formula is C27H24F3N5O2. The number of ether oxygens (including phenoxy) is 1. The van der Waals surface area contributed by atoms with E-state index in [1.54, 1.807) is 18.3 Å². The highest BCUT2D eigenvalue weighted by Gasteiger charge is 2.33. The first kappa shape index (κ1) is 24.7. The van der Waals surface area contributed by atoms with Gasteiger partial charge in [-0.25, -0.2) is 9.97 Å². The third-order valence-electron chi connectivity index (χ3n) is 6.22. The van der Waals surface area contributed by atoms with Gasteiger partial charge in [-0.05, 0) is 48.9 Å². The molecule has 0 aliphatic rings. The van der Waals surface area contributed by atoms with E-state index in [1.807, 2.05) is 37.3 Å². The zero-order chi connectivity index (χ0) is 26.2. The molecule has 0 fully saturated rings. The second-order valence-corrected chi connectivity index (χ2v) is 8.53. The van der Waals surface area contributed by atoms with E-state index in [-0.39, 0.29) is 29.7 Å². The highest BCUT2D eigenvalue weighted by atomic mass is 19.4. The van der Waals surface area contributed by atoms with Crippen molar-refractivity contribution >= 4 is 21.8 Å². The molecule has 0 spiro atoms. The quantitative estimate of drug-likeness (QED) is 0.288. The summed E-state index contributed by atoms with van der Waals surface area (Å²) >= 11 is 0. The lowest BCUT2D eigenvalue weighted by atomic mass is 10.1. The Morgan fingerprint density at radius 3 is 2.62 bits per heavy atom. The third-order valence-corrected chi connectivity index (χ3v) is 6.22. The number of oxazole rings is 1. The monoisotopic (exact) mass is 507 g/mol. The van der Waals surface area contributed by atoms with E-state index in [2.05, 4.69) is 15.3 Å². The molecule has 3 N–H and O–H groups in total. The van der Waals surface area contributed by atoms with Crippen LogP contribution in [0, 0.1) is 0 Å². The smallest absolute Gasteiger partial charge is 0.433 e. The van der Waals surface area contributed by atoms with Crippen LogP contribution >= 0.6 is 0 Å². The number of alkyl halides is 3. The molecule has 3 heterocycles. The van der Waals surface area contributed by atoms with Crippen LogP contribution in [0.1, 0.15) is 35.7 Å². The molecule has 1 unspecified atom stereocenters. The first-order valence-electron chi connectivity index (χ1n) is 11.6. The minimum atomic E-state index is -4.58. The van der Waals surface area contributed by atoms with Crippen molar-refractivity contribution in [3.63, 3.8) is 0 Å². The number of benzene rings is 2. The Morgan fingerprint density at radius 2 is 1.86 bits per heavy atom. The van der Waals surface area contributed by atoms with E-state index in [0.717, 1.165) is 22.5 Å². The number of aromatic nitrogens is 3. The Balaban J connectivity index is 1.48. The van der Waals surface area contributed by atoms with Crippen molar-refractivity contribution < 1.29 is 22.3 Å². The maximum Gasteiger partial charge on any atom is 0.433 e. The summed E-state index contributed by atoms with van der Waals surface area (Å²) < 4.78 is 51.1. The third kappa shape index (κ3) is 4.73. The molecule has 5 aromatic rings. The van der Waals surface area contributed by atoms with Crippen LogP contribution < -0.4 is 15.8 Å². The molecule has 37 heavy (non-hydrogen) atoms. The highest BCUT2D eigenvalue weighted by molar-refractivity contribution is 5.96. The lowest BCUT2D eigenvalue weighted by molar-refractivity contribution is -0.140. The van der Waals surface area contributed by atoms with Crippen LogP contribution in [0.2, 0.25) is 0 Å². The van der Waals surface area contributed by atoms with Crippen LogP contribution in [-0.2, 0) is 19.3 Å². The van der Waals surface area contributed by atoms with E-state index in [0.29, 0.717) is 28.9 Å². The van der Waals surface area contributed by atoms with Crippen molar-refractivity contribution in [1.29, 1.82) is 0 Å². The van der Waals surface area contributed by atoms with Crippen LogP contribution in [0.4, 0.5) is 13.2 Å². The van der Waals surface area contributed by atoms with Crippen LogP contribution in [0.5, 0.6) is 5.75 Å². The second-order valence-electron chi connectivity index (χ2n) is 8.53. The highest BCUT2D eigenvalue weighted by Crippen LogP contribution is 2.37. The van der Waals surface area contributed by atoms with Crippen LogP contribution in [0.25, 0.3) is 33.3 Å². The summed E-state index contributed by atoms with van der Waals surface area (Å²) in [5.74, 6) is 0.946. The molecule has 2 aromatic carbocycles. The molecule has 0 aliphatic heterocycles. The Morgan fingerprint density at radius 1 is 1.03 bits per heavy atom. The summed E-state index contributed by atoms with van der Waals surface area (Å²) in [7, 11) is 1.38. The predicted octanol–water partition coefficient (Wildman–Crippen LogP) is 5.77. The topological polar surface area (TPSA) is 99.1 Å². The number of methoxy groups -OCH3 is 1. The number of fused-ring (bicyclic) bond motifs is 2. The van der Waals surface area contributed by atoms with Gasteiger partial charge < -0.3 is 20.2 Å². The molecule has 0 saturated heterocycles. The zero-order valence-corrected chi connectivity index (χ0v) is 20.1. The summed E-state index contributed by atoms with van der Waals surface area (Å²) in [6.07, 6.45) is -2.83. The first-order valence-corrected chi connectivity index (χ1v) is 11.6. The van der Waals surface area contributed by atoms with Gasteiger partial charge in [-0.2, -0.15) is 13.2 Å². The van der Waals surface area contributed by atoms with E-state index < -0.39 is 11.9 Å². The molecule has 190 valence electrons. The largest absolute Gasteiger partial charge is 0.494 e. The van der Waals surface area contributed by atoms with Gasteiger partial charge in [-0.1, -0.05) is 18.2 Å². The molecular weight excluding hydrogens is 483 g/mol. The second kappa shape index (κ2) is 9.79. The molecule has 5 rings (SSSR count). The Labute approximate surface area is 210 Å². The van der Waals surface area contributed by atoms with Crippen molar-refractivity contribution in [3.8, 4) is 17.2 Å². The number of halogens is 3. The Kier molecular flexibility index (Phi) is 6.53. The molecule has 0 amide bonds. The SMILES string of the molecule is COc1ccc(-c2nc(C(C)NCc3cccc4ncccc34)c(CN)o2)c2ccc(C(F)(F)F)nc12. The van der Waals surface area contributed by atoms with Crippen molar-refractivity contribution in [2.45, 2.75) is 32.2 Å². The molecule has 1 atom stereocenters. The maximum absolute atomic E-state index is 13.3. The lowest BCUT2D eigenvalue weighted by Crippen LogP contribution is -2.20. The number of hydrogen-bond donors (Lipinski definition) is 2. The van der Waals surface area contributed by atoms with E-state index in [1.165, 1.54) is 13.2 Å². The van der Waals surface area contributed by atoms with Crippen LogP contribution in [0.3, 0.4) is 0 Å². The fraction of sp³-hybridized carbons (Fsp3) is 0.222. The lowest BCUT2D eigenvalue weighted by Gasteiger charge is -2.13. The standard InChI is InChI=1S/C27H24F3N5O2/c1-15(33-14-16-5-3-7-20-17(16)6-4-12-32-20)24-22(13-31)37-26(35-24)19-8-10-21(36-2)25-18(19)9-11-23(34-25)27(28,29)30/h3-12,15,33H,13-14,31H2,1-2H3. The normalized spacial score (nSPS) is 12.8. The van der Waals surface area contributed by atoms with Crippen molar-refractivity contribution in [1.82, 2.24) is 20.3 Å². The van der Waals surface area contributed by atoms with Gasteiger partial charge in [-0.15, -0.1) is 0 Å². The maximum atomic E-state index is 13.3. The van der Waals surface area contributed by atoms with Gasteiger partial charge in [0.25, 0.3) is 0 Å². The van der Waals surface area contributed by atoms with E-state index >= 15 is 0 Å². The molecule has 10 heteroatoms. The minimum absolute atomic E-state index is 0.0691. The van der Waals surface area contributed by atoms with E-state index in [4.69, 9.17) is 19.9 Å². The van der Waals surface area contributed by atoms with Gasteiger partial charge in [0.1, 0.15) is 28.4 Å². The molecule has 0 aliphatic carbocycles. The van der Waals surface area contributed by atoms with Gasteiger partial charge in [0.15, 0.2) is 0 Å². The molecule has 7 nitrogen and oxygen atoms in total. The van der Waals surface area contributed by atoms with Gasteiger partial charge in [0.2, 0.25) is 5.89 Å². The summed E-state index contributed by atoms with van der Waals surface area (Å²) in [4.78, 5) is 12.9. The predicted molar refractivity (Wildman–Crippen MR) is 134 cm³/mol. The fourth-order valence-corrected chi connectivity index (χ4v) is 4.35. The number of rotatable bonds is 7. The van der Waals surface area contributed by atoms with Crippen molar-refractivity contribution in [2.24, 2.45) is 5.73 Å².